The molecule has 1 aliphatic heterocycles. The summed E-state index contributed by atoms with van der Waals surface area (Å²) in [5.74, 6) is 1.11. The number of carbonyl (C=O) groups is 2. The molecule has 1 aliphatic rings. The second-order valence-corrected chi connectivity index (χ2v) is 8.14. The van der Waals surface area contributed by atoms with Gasteiger partial charge >= 0.3 is 5.97 Å². The number of fused-ring (bicyclic) bond motifs is 2. The van der Waals surface area contributed by atoms with Crippen LogP contribution in [0.4, 0.5) is 5.82 Å². The Morgan fingerprint density at radius 2 is 2.11 bits per heavy atom. The molecule has 35 heavy (non-hydrogen) atoms. The van der Waals surface area contributed by atoms with Crippen molar-refractivity contribution in [3.8, 4) is 11.4 Å². The van der Waals surface area contributed by atoms with Gasteiger partial charge in [-0.05, 0) is 30.5 Å². The van der Waals surface area contributed by atoms with E-state index in [9.17, 15) is 9.59 Å². The van der Waals surface area contributed by atoms with Gasteiger partial charge in [0.2, 0.25) is 11.7 Å². The van der Waals surface area contributed by atoms with Crippen LogP contribution in [0.25, 0.3) is 22.2 Å². The highest BCUT2D eigenvalue weighted by molar-refractivity contribution is 5.99. The number of amides is 1. The Morgan fingerprint density at radius 1 is 1.23 bits per heavy atom. The first-order chi connectivity index (χ1) is 17.0. The van der Waals surface area contributed by atoms with Gasteiger partial charge in [-0.1, -0.05) is 17.3 Å². The molecule has 4 aromatic rings. The fraction of sp³-hybridized carbons (Fsp3) is 0.280. The number of rotatable bonds is 7. The Hall–Kier alpha value is -4.34. The summed E-state index contributed by atoms with van der Waals surface area (Å²) in [5.41, 5.74) is 2.27. The summed E-state index contributed by atoms with van der Waals surface area (Å²) < 4.78 is 10.1. The molecule has 0 spiro atoms. The average Bonchev–Trinajstić information content (AvgIpc) is 3.31. The predicted octanol–water partition coefficient (Wildman–Crippen LogP) is 3.28. The molecule has 1 aromatic carbocycles. The minimum atomic E-state index is -0.480. The zero-order valence-corrected chi connectivity index (χ0v) is 19.4. The molecule has 0 saturated carbocycles. The second kappa shape index (κ2) is 9.49. The molecule has 0 fully saturated rings. The van der Waals surface area contributed by atoms with Crippen molar-refractivity contribution >= 4 is 28.5 Å². The molecule has 0 bridgehead atoms. The number of hydrogen-bond donors (Lipinski definition) is 1. The number of nitrogens with one attached hydrogen (secondary N) is 1. The molecule has 1 amide bonds. The third kappa shape index (κ3) is 4.54. The van der Waals surface area contributed by atoms with E-state index in [1.807, 2.05) is 24.3 Å². The standard InChI is InChI=1S/C25H24N6O4/c1-3-34-25(33)18-13-20-21(28-14-18)7-10-31(24(20)32)11-9-27-23-19-12-17(22-29-15(2)35-30-22)5-4-16(19)6-8-26-23/h4-6,8,12-14H,3,7,9-11H2,1-2H3,(H,26,27). The molecular weight excluding hydrogens is 448 g/mol. The second-order valence-electron chi connectivity index (χ2n) is 8.14. The number of esters is 1. The van der Waals surface area contributed by atoms with Crippen LogP contribution >= 0.6 is 0 Å². The number of anilines is 1. The summed E-state index contributed by atoms with van der Waals surface area (Å²) in [6.07, 6.45) is 3.84. The van der Waals surface area contributed by atoms with Gasteiger partial charge in [0.1, 0.15) is 5.82 Å². The van der Waals surface area contributed by atoms with Crippen molar-refractivity contribution in [2.45, 2.75) is 20.3 Å². The number of aromatic nitrogens is 4. The maximum absolute atomic E-state index is 13.1. The number of pyridine rings is 2. The topological polar surface area (TPSA) is 123 Å². The van der Waals surface area contributed by atoms with E-state index >= 15 is 0 Å². The first-order valence-corrected chi connectivity index (χ1v) is 11.4. The molecule has 4 heterocycles. The van der Waals surface area contributed by atoms with Gasteiger partial charge in [-0.15, -0.1) is 0 Å². The molecule has 5 rings (SSSR count). The zero-order valence-electron chi connectivity index (χ0n) is 19.4. The maximum Gasteiger partial charge on any atom is 0.339 e. The lowest BCUT2D eigenvalue weighted by molar-refractivity contribution is 0.0525. The van der Waals surface area contributed by atoms with Crippen molar-refractivity contribution in [2.75, 3.05) is 31.6 Å². The van der Waals surface area contributed by atoms with Crippen LogP contribution in [0.2, 0.25) is 0 Å². The van der Waals surface area contributed by atoms with Crippen LogP contribution in [0, 0.1) is 6.92 Å². The number of carbonyl (C=O) groups excluding carboxylic acids is 2. The lowest BCUT2D eigenvalue weighted by Crippen LogP contribution is -2.40. The summed E-state index contributed by atoms with van der Waals surface area (Å²) in [6, 6.07) is 9.42. The molecule has 0 aliphatic carbocycles. The van der Waals surface area contributed by atoms with Crippen LogP contribution < -0.4 is 5.32 Å². The van der Waals surface area contributed by atoms with E-state index < -0.39 is 5.97 Å². The number of benzene rings is 1. The smallest absolute Gasteiger partial charge is 0.339 e. The number of hydrogen-bond acceptors (Lipinski definition) is 9. The van der Waals surface area contributed by atoms with Gasteiger partial charge in [-0.2, -0.15) is 4.98 Å². The van der Waals surface area contributed by atoms with Crippen LogP contribution in [0.3, 0.4) is 0 Å². The van der Waals surface area contributed by atoms with Crippen LogP contribution in [0.5, 0.6) is 0 Å². The Bertz CT molecular complexity index is 1420. The number of aryl methyl sites for hydroxylation is 1. The molecule has 10 nitrogen and oxygen atoms in total. The predicted molar refractivity (Wildman–Crippen MR) is 128 cm³/mol. The molecule has 178 valence electrons. The Kier molecular flexibility index (Phi) is 6.09. The summed E-state index contributed by atoms with van der Waals surface area (Å²) in [4.78, 5) is 40.0. The monoisotopic (exact) mass is 472 g/mol. The van der Waals surface area contributed by atoms with E-state index in [0.29, 0.717) is 54.8 Å². The van der Waals surface area contributed by atoms with E-state index in [1.165, 1.54) is 6.20 Å². The van der Waals surface area contributed by atoms with Crippen molar-refractivity contribution in [3.05, 3.63) is 65.4 Å². The molecule has 10 heteroatoms. The summed E-state index contributed by atoms with van der Waals surface area (Å²) >= 11 is 0. The van der Waals surface area contributed by atoms with Crippen molar-refractivity contribution in [3.63, 3.8) is 0 Å². The summed E-state index contributed by atoms with van der Waals surface area (Å²) in [5, 5.41) is 9.29. The fourth-order valence-electron chi connectivity index (χ4n) is 4.10. The fourth-order valence-corrected chi connectivity index (χ4v) is 4.10. The first kappa shape index (κ1) is 22.5. The van der Waals surface area contributed by atoms with Gasteiger partial charge in [-0.25, -0.2) is 9.78 Å². The maximum atomic E-state index is 13.1. The molecule has 0 unspecified atom stereocenters. The lowest BCUT2D eigenvalue weighted by Gasteiger charge is -2.28. The van der Waals surface area contributed by atoms with E-state index in [1.54, 1.807) is 31.0 Å². The van der Waals surface area contributed by atoms with Crippen LogP contribution in [0.15, 0.2) is 47.2 Å². The first-order valence-electron chi connectivity index (χ1n) is 11.4. The highest BCUT2D eigenvalue weighted by Gasteiger charge is 2.26. The highest BCUT2D eigenvalue weighted by atomic mass is 16.5. The Morgan fingerprint density at radius 3 is 2.91 bits per heavy atom. The quantitative estimate of drug-likeness (QED) is 0.404. The van der Waals surface area contributed by atoms with Crippen LogP contribution in [-0.2, 0) is 11.2 Å². The molecule has 0 atom stereocenters. The molecule has 0 radical (unpaired) electrons. The van der Waals surface area contributed by atoms with Crippen molar-refractivity contribution < 1.29 is 18.8 Å². The third-order valence-electron chi connectivity index (χ3n) is 5.84. The van der Waals surface area contributed by atoms with Gasteiger partial charge in [0, 0.05) is 56.3 Å². The Balaban J connectivity index is 1.30. The Labute approximate surface area is 201 Å². The van der Waals surface area contributed by atoms with Crippen molar-refractivity contribution in [1.29, 1.82) is 0 Å². The largest absolute Gasteiger partial charge is 0.462 e. The van der Waals surface area contributed by atoms with Crippen LogP contribution in [-0.4, -0.2) is 63.1 Å². The number of nitrogens with zero attached hydrogens (tertiary/aromatic N) is 5. The molecular formula is C25H24N6O4. The minimum absolute atomic E-state index is 0.146. The van der Waals surface area contributed by atoms with Crippen molar-refractivity contribution in [2.24, 2.45) is 0 Å². The van der Waals surface area contributed by atoms with Gasteiger partial charge in [0.15, 0.2) is 0 Å². The van der Waals surface area contributed by atoms with E-state index in [-0.39, 0.29) is 18.1 Å². The van der Waals surface area contributed by atoms with Gasteiger partial charge < -0.3 is 19.5 Å². The van der Waals surface area contributed by atoms with Crippen molar-refractivity contribution in [1.82, 2.24) is 25.0 Å². The zero-order chi connectivity index (χ0) is 24.4. The van der Waals surface area contributed by atoms with Gasteiger partial charge in [0.25, 0.3) is 5.91 Å². The van der Waals surface area contributed by atoms with E-state index in [2.05, 4.69) is 25.4 Å². The van der Waals surface area contributed by atoms with Crippen LogP contribution in [0.1, 0.15) is 39.2 Å². The molecule has 3 aromatic heterocycles. The molecule has 1 N–H and O–H groups in total. The SMILES string of the molecule is CCOC(=O)c1cnc2c(c1)C(=O)N(CCNc1nccc3ccc(-c4noc(C)n4)cc13)CC2. The summed E-state index contributed by atoms with van der Waals surface area (Å²) in [7, 11) is 0. The molecule has 0 saturated heterocycles. The normalized spacial score (nSPS) is 13.1. The average molecular weight is 473 g/mol. The highest BCUT2D eigenvalue weighted by Crippen LogP contribution is 2.27. The van der Waals surface area contributed by atoms with E-state index in [0.717, 1.165) is 16.3 Å². The van der Waals surface area contributed by atoms with E-state index in [4.69, 9.17) is 9.26 Å². The minimum Gasteiger partial charge on any atom is -0.462 e. The van der Waals surface area contributed by atoms with Gasteiger partial charge in [0.05, 0.1) is 23.4 Å². The van der Waals surface area contributed by atoms with Gasteiger partial charge in [-0.3, -0.25) is 9.78 Å². The lowest BCUT2D eigenvalue weighted by atomic mass is 10.0. The summed E-state index contributed by atoms with van der Waals surface area (Å²) in [6.45, 7) is 5.29. The number of ether oxygens (including phenoxy) is 1. The third-order valence-corrected chi connectivity index (χ3v) is 5.84.